The average molecular weight is 356 g/mol. The monoisotopic (exact) mass is 356 g/mol. The van der Waals surface area contributed by atoms with E-state index in [4.69, 9.17) is 4.74 Å². The van der Waals surface area contributed by atoms with Crippen LogP contribution in [-0.4, -0.2) is 50.3 Å². The zero-order chi connectivity index (χ0) is 18.4. The summed E-state index contributed by atoms with van der Waals surface area (Å²) < 4.78 is 5.55. The van der Waals surface area contributed by atoms with Gasteiger partial charge in [-0.05, 0) is 31.2 Å². The van der Waals surface area contributed by atoms with E-state index >= 15 is 0 Å². The van der Waals surface area contributed by atoms with E-state index in [1.807, 2.05) is 49.4 Å². The van der Waals surface area contributed by atoms with E-state index in [0.717, 1.165) is 31.9 Å². The molecule has 0 bridgehead atoms. The van der Waals surface area contributed by atoms with Gasteiger partial charge in [0, 0.05) is 0 Å². The number of nitrogens with zero attached hydrogens (tertiary/aromatic N) is 1. The van der Waals surface area contributed by atoms with Gasteiger partial charge in [-0.1, -0.05) is 24.3 Å². The number of aromatic hydroxyl groups is 1. The second-order valence-electron chi connectivity index (χ2n) is 6.38. The summed E-state index contributed by atoms with van der Waals surface area (Å²) in [6.45, 7) is 6.25. The first kappa shape index (κ1) is 18.1. The second kappa shape index (κ2) is 8.58. The molecule has 1 heterocycles. The topological polar surface area (TPSA) is 66.2 Å². The zero-order valence-corrected chi connectivity index (χ0v) is 15.1. The molecule has 0 spiro atoms. The smallest absolute Gasteiger partial charge is 0.279 e. The molecule has 3 N–H and O–H groups in total. The summed E-state index contributed by atoms with van der Waals surface area (Å²) in [6.07, 6.45) is 0. The van der Waals surface area contributed by atoms with Gasteiger partial charge in [0.15, 0.2) is 6.54 Å². The number of piperazine rings is 1. The maximum Gasteiger partial charge on any atom is 0.279 e. The number of nitrogens with one attached hydrogen (secondary N) is 2. The Labute approximate surface area is 154 Å². The van der Waals surface area contributed by atoms with Crippen molar-refractivity contribution in [3.63, 3.8) is 0 Å². The van der Waals surface area contributed by atoms with Crippen molar-refractivity contribution in [3.05, 3.63) is 48.5 Å². The summed E-state index contributed by atoms with van der Waals surface area (Å²) in [5.74, 6) is 0.993. The van der Waals surface area contributed by atoms with Crippen molar-refractivity contribution < 1.29 is 19.5 Å². The molecule has 2 aromatic carbocycles. The molecule has 6 nitrogen and oxygen atoms in total. The Morgan fingerprint density at radius 3 is 2.58 bits per heavy atom. The van der Waals surface area contributed by atoms with Gasteiger partial charge < -0.3 is 25.0 Å². The quantitative estimate of drug-likeness (QED) is 0.726. The molecule has 138 valence electrons. The zero-order valence-electron chi connectivity index (χ0n) is 15.1. The molecule has 2 aromatic rings. The van der Waals surface area contributed by atoms with Crippen LogP contribution in [0.1, 0.15) is 6.92 Å². The van der Waals surface area contributed by atoms with Crippen LogP contribution in [0.2, 0.25) is 0 Å². The van der Waals surface area contributed by atoms with E-state index in [-0.39, 0.29) is 5.91 Å². The van der Waals surface area contributed by atoms with Gasteiger partial charge in [-0.2, -0.15) is 0 Å². The highest BCUT2D eigenvalue weighted by Crippen LogP contribution is 2.26. The molecule has 1 aliphatic rings. The largest absolute Gasteiger partial charge is 0.506 e. The van der Waals surface area contributed by atoms with Crippen molar-refractivity contribution in [3.8, 4) is 11.5 Å². The van der Waals surface area contributed by atoms with E-state index < -0.39 is 0 Å². The normalized spacial score (nSPS) is 14.9. The van der Waals surface area contributed by atoms with Gasteiger partial charge in [-0.25, -0.2) is 0 Å². The number of carbonyl (C=O) groups excluding carboxylic acids is 1. The third kappa shape index (κ3) is 4.46. The molecule has 0 atom stereocenters. The summed E-state index contributed by atoms with van der Waals surface area (Å²) in [4.78, 5) is 15.8. The lowest BCUT2D eigenvalue weighted by Crippen LogP contribution is -3.15. The number of amides is 1. The van der Waals surface area contributed by atoms with Crippen molar-refractivity contribution in [2.75, 3.05) is 49.5 Å². The van der Waals surface area contributed by atoms with Crippen LogP contribution in [0.5, 0.6) is 11.5 Å². The van der Waals surface area contributed by atoms with Gasteiger partial charge in [0.25, 0.3) is 5.91 Å². The molecular weight excluding hydrogens is 330 g/mol. The van der Waals surface area contributed by atoms with Gasteiger partial charge in [0.2, 0.25) is 0 Å². The summed E-state index contributed by atoms with van der Waals surface area (Å²) in [5, 5.41) is 12.9. The molecule has 0 saturated carbocycles. The molecule has 0 unspecified atom stereocenters. The van der Waals surface area contributed by atoms with Crippen LogP contribution in [0.25, 0.3) is 0 Å². The van der Waals surface area contributed by atoms with Crippen molar-refractivity contribution in [2.24, 2.45) is 0 Å². The Morgan fingerprint density at radius 1 is 1.15 bits per heavy atom. The molecule has 6 heteroatoms. The first-order chi connectivity index (χ1) is 12.7. The van der Waals surface area contributed by atoms with E-state index in [0.29, 0.717) is 30.3 Å². The Bertz CT molecular complexity index is 743. The number of rotatable bonds is 6. The van der Waals surface area contributed by atoms with Crippen LogP contribution in [0.15, 0.2) is 48.5 Å². The standard InChI is InChI=1S/C20H25N3O3/c1-2-26-19-10-6-3-7-16(19)21-20(25)15-22-11-13-23(14-12-22)17-8-4-5-9-18(17)24/h3-10,24H,2,11-15H2,1H3,(H,21,25)/p+1. The van der Waals surface area contributed by atoms with E-state index in [1.54, 1.807) is 6.07 Å². The fourth-order valence-electron chi connectivity index (χ4n) is 3.24. The van der Waals surface area contributed by atoms with Crippen LogP contribution in [-0.2, 0) is 4.79 Å². The third-order valence-corrected chi connectivity index (χ3v) is 4.56. The van der Waals surface area contributed by atoms with E-state index in [9.17, 15) is 9.90 Å². The maximum atomic E-state index is 12.4. The van der Waals surface area contributed by atoms with E-state index in [1.165, 1.54) is 4.90 Å². The van der Waals surface area contributed by atoms with Crippen LogP contribution >= 0.6 is 0 Å². The molecule has 3 rings (SSSR count). The predicted molar refractivity (Wildman–Crippen MR) is 102 cm³/mol. The fourth-order valence-corrected chi connectivity index (χ4v) is 3.24. The summed E-state index contributed by atoms with van der Waals surface area (Å²) in [7, 11) is 0. The van der Waals surface area contributed by atoms with Gasteiger partial charge in [0.05, 0.1) is 44.2 Å². The lowest BCUT2D eigenvalue weighted by Gasteiger charge is -2.33. The van der Waals surface area contributed by atoms with Crippen LogP contribution in [0.4, 0.5) is 11.4 Å². The number of phenolic OH excluding ortho intramolecular Hbond substituents is 1. The minimum absolute atomic E-state index is 0.0110. The number of quaternary nitrogens is 1. The van der Waals surface area contributed by atoms with Crippen molar-refractivity contribution >= 4 is 17.3 Å². The highest BCUT2D eigenvalue weighted by molar-refractivity contribution is 5.92. The summed E-state index contributed by atoms with van der Waals surface area (Å²) >= 11 is 0. The molecule has 0 radical (unpaired) electrons. The number of ether oxygens (including phenoxy) is 1. The molecule has 0 aliphatic carbocycles. The van der Waals surface area contributed by atoms with Gasteiger partial charge >= 0.3 is 0 Å². The average Bonchev–Trinajstić information content (AvgIpc) is 2.65. The molecule has 1 fully saturated rings. The van der Waals surface area contributed by atoms with Gasteiger partial charge in [-0.3, -0.25) is 4.79 Å². The number of anilines is 2. The Balaban J connectivity index is 1.52. The second-order valence-corrected chi connectivity index (χ2v) is 6.38. The van der Waals surface area contributed by atoms with Crippen LogP contribution in [0, 0.1) is 0 Å². The minimum Gasteiger partial charge on any atom is -0.506 e. The third-order valence-electron chi connectivity index (χ3n) is 4.56. The Kier molecular flexibility index (Phi) is 5.96. The van der Waals surface area contributed by atoms with Crippen molar-refractivity contribution in [2.45, 2.75) is 6.92 Å². The predicted octanol–water partition coefficient (Wildman–Crippen LogP) is 1.13. The van der Waals surface area contributed by atoms with Gasteiger partial charge in [-0.15, -0.1) is 0 Å². The molecule has 26 heavy (non-hydrogen) atoms. The number of para-hydroxylation sites is 4. The first-order valence-electron chi connectivity index (χ1n) is 9.05. The van der Waals surface area contributed by atoms with Crippen LogP contribution < -0.4 is 19.9 Å². The number of hydrogen-bond donors (Lipinski definition) is 3. The molecule has 0 aromatic heterocycles. The highest BCUT2D eigenvalue weighted by Gasteiger charge is 2.23. The van der Waals surface area contributed by atoms with Gasteiger partial charge in [0.1, 0.15) is 11.5 Å². The molecule has 1 aliphatic heterocycles. The lowest BCUT2D eigenvalue weighted by atomic mass is 10.2. The molecular formula is C20H26N3O3+. The number of benzene rings is 2. The first-order valence-corrected chi connectivity index (χ1v) is 9.05. The van der Waals surface area contributed by atoms with Crippen molar-refractivity contribution in [1.82, 2.24) is 0 Å². The fraction of sp³-hybridized carbons (Fsp3) is 0.350. The minimum atomic E-state index is -0.0110. The molecule has 1 amide bonds. The molecule has 1 saturated heterocycles. The Morgan fingerprint density at radius 2 is 1.85 bits per heavy atom. The summed E-state index contributed by atoms with van der Waals surface area (Å²) in [5.41, 5.74) is 1.58. The number of hydrogen-bond acceptors (Lipinski definition) is 4. The SMILES string of the molecule is CCOc1ccccc1NC(=O)C[NH+]1CCN(c2ccccc2O)CC1. The number of phenols is 1. The van der Waals surface area contributed by atoms with E-state index in [2.05, 4.69) is 10.2 Å². The summed E-state index contributed by atoms with van der Waals surface area (Å²) in [6, 6.07) is 14.9. The van der Waals surface area contributed by atoms with Crippen molar-refractivity contribution in [1.29, 1.82) is 0 Å². The highest BCUT2D eigenvalue weighted by atomic mass is 16.5. The Hall–Kier alpha value is -2.73. The van der Waals surface area contributed by atoms with Crippen LogP contribution in [0.3, 0.4) is 0 Å². The lowest BCUT2D eigenvalue weighted by molar-refractivity contribution is -0.892. The maximum absolute atomic E-state index is 12.4. The number of carbonyl (C=O) groups is 1.